The maximum absolute atomic E-state index is 12.6. The molecular formula is C23H29BrN4O2. The molecule has 1 aliphatic heterocycles. The van der Waals surface area contributed by atoms with Crippen LogP contribution < -0.4 is 5.32 Å². The van der Waals surface area contributed by atoms with Gasteiger partial charge >= 0.3 is 0 Å². The molecule has 1 N–H and O–H groups in total. The summed E-state index contributed by atoms with van der Waals surface area (Å²) in [6, 6.07) is 7.85. The van der Waals surface area contributed by atoms with E-state index in [1.807, 2.05) is 24.3 Å². The average Bonchev–Trinajstić information content (AvgIpc) is 3.23. The van der Waals surface area contributed by atoms with E-state index in [-0.39, 0.29) is 11.8 Å². The minimum absolute atomic E-state index is 0.0338. The molecule has 1 aromatic heterocycles. The molecule has 2 aliphatic rings. The summed E-state index contributed by atoms with van der Waals surface area (Å²) in [4.78, 5) is 19.4. The first kappa shape index (κ1) is 21.2. The van der Waals surface area contributed by atoms with Gasteiger partial charge in [0.15, 0.2) is 0 Å². The molecule has 1 unspecified atom stereocenters. The minimum Gasteiger partial charge on any atom is -0.356 e. The monoisotopic (exact) mass is 472 g/mol. The SMILES string of the molecule is O=C(NCCC1=CCCCC1)C1CCCN(Cc2nc(-c3cccc(Br)c3)no2)C1. The molecule has 1 fully saturated rings. The van der Waals surface area contributed by atoms with Crippen molar-refractivity contribution in [3.63, 3.8) is 0 Å². The molecule has 2 aromatic rings. The van der Waals surface area contributed by atoms with Gasteiger partial charge in [0.2, 0.25) is 17.6 Å². The van der Waals surface area contributed by atoms with Crippen molar-refractivity contribution in [2.24, 2.45) is 5.92 Å². The van der Waals surface area contributed by atoms with Gasteiger partial charge in [-0.3, -0.25) is 9.69 Å². The van der Waals surface area contributed by atoms with Gasteiger partial charge in [0, 0.05) is 23.1 Å². The Hall–Kier alpha value is -1.99. The summed E-state index contributed by atoms with van der Waals surface area (Å²) < 4.78 is 6.45. The number of amides is 1. The normalized spacial score (nSPS) is 20.0. The van der Waals surface area contributed by atoms with Crippen LogP contribution in [0.25, 0.3) is 11.4 Å². The van der Waals surface area contributed by atoms with E-state index in [2.05, 4.69) is 42.4 Å². The van der Waals surface area contributed by atoms with Gasteiger partial charge in [-0.1, -0.05) is 44.9 Å². The Morgan fingerprint density at radius 1 is 1.30 bits per heavy atom. The van der Waals surface area contributed by atoms with E-state index < -0.39 is 0 Å². The number of halogens is 1. The van der Waals surface area contributed by atoms with E-state index in [0.717, 1.165) is 48.9 Å². The standard InChI is InChI=1S/C23H29BrN4O2/c24-20-10-4-8-18(14-20)22-26-21(30-27-22)16-28-13-5-9-19(15-28)23(29)25-12-11-17-6-2-1-3-7-17/h4,6,8,10,14,19H,1-3,5,7,9,11-13,15-16H2,(H,25,29). The van der Waals surface area contributed by atoms with Gasteiger partial charge in [-0.05, 0) is 63.6 Å². The maximum Gasteiger partial charge on any atom is 0.241 e. The van der Waals surface area contributed by atoms with E-state index in [9.17, 15) is 4.79 Å². The summed E-state index contributed by atoms with van der Waals surface area (Å²) in [6.07, 6.45) is 10.3. The minimum atomic E-state index is 0.0338. The van der Waals surface area contributed by atoms with Gasteiger partial charge in [0.25, 0.3) is 0 Å². The number of nitrogens with zero attached hydrogens (tertiary/aromatic N) is 3. The van der Waals surface area contributed by atoms with Gasteiger partial charge in [0.1, 0.15) is 0 Å². The highest BCUT2D eigenvalue weighted by Gasteiger charge is 2.26. The number of benzene rings is 1. The molecule has 0 radical (unpaired) electrons. The number of hydrogen-bond donors (Lipinski definition) is 1. The fourth-order valence-electron chi connectivity index (χ4n) is 4.29. The van der Waals surface area contributed by atoms with E-state index in [1.165, 1.54) is 31.3 Å². The van der Waals surface area contributed by atoms with E-state index in [1.54, 1.807) is 0 Å². The Balaban J connectivity index is 1.26. The molecule has 1 atom stereocenters. The van der Waals surface area contributed by atoms with Crippen molar-refractivity contribution in [3.05, 3.63) is 46.3 Å². The Labute approximate surface area is 186 Å². The number of piperidine rings is 1. The number of carbonyl (C=O) groups excluding carboxylic acids is 1. The third-order valence-corrected chi connectivity index (χ3v) is 6.41. The van der Waals surface area contributed by atoms with Crippen LogP contribution in [0.4, 0.5) is 0 Å². The Bertz CT molecular complexity index is 895. The number of likely N-dealkylation sites (tertiary alicyclic amines) is 1. The quantitative estimate of drug-likeness (QED) is 0.590. The second-order valence-corrected chi connectivity index (χ2v) is 9.16. The van der Waals surface area contributed by atoms with Gasteiger partial charge in [-0.15, -0.1) is 0 Å². The van der Waals surface area contributed by atoms with Crippen molar-refractivity contribution >= 4 is 21.8 Å². The van der Waals surface area contributed by atoms with Crippen LogP contribution in [0.1, 0.15) is 50.8 Å². The Morgan fingerprint density at radius 3 is 3.07 bits per heavy atom. The largest absolute Gasteiger partial charge is 0.356 e. The smallest absolute Gasteiger partial charge is 0.241 e. The predicted octanol–water partition coefficient (Wildman–Crippen LogP) is 4.72. The molecule has 0 spiro atoms. The van der Waals surface area contributed by atoms with Crippen LogP contribution in [0, 0.1) is 5.92 Å². The van der Waals surface area contributed by atoms with Crippen LogP contribution in [0.2, 0.25) is 0 Å². The van der Waals surface area contributed by atoms with Crippen LogP contribution in [-0.2, 0) is 11.3 Å². The molecule has 1 aliphatic carbocycles. The lowest BCUT2D eigenvalue weighted by molar-refractivity contribution is -0.126. The molecule has 1 amide bonds. The summed E-state index contributed by atoms with van der Waals surface area (Å²) in [7, 11) is 0. The second kappa shape index (κ2) is 10.4. The lowest BCUT2D eigenvalue weighted by Crippen LogP contribution is -2.43. The zero-order valence-electron chi connectivity index (χ0n) is 17.3. The molecule has 160 valence electrons. The number of rotatable bonds is 7. The lowest BCUT2D eigenvalue weighted by atomic mass is 9.96. The molecular weight excluding hydrogens is 444 g/mol. The molecule has 7 heteroatoms. The Morgan fingerprint density at radius 2 is 2.23 bits per heavy atom. The number of hydrogen-bond acceptors (Lipinski definition) is 5. The molecule has 1 saturated heterocycles. The van der Waals surface area contributed by atoms with Crippen molar-refractivity contribution < 1.29 is 9.32 Å². The van der Waals surface area contributed by atoms with Crippen LogP contribution in [0.3, 0.4) is 0 Å². The zero-order valence-corrected chi connectivity index (χ0v) is 18.9. The summed E-state index contributed by atoms with van der Waals surface area (Å²) in [5, 5.41) is 7.27. The van der Waals surface area contributed by atoms with Crippen molar-refractivity contribution in [2.75, 3.05) is 19.6 Å². The summed E-state index contributed by atoms with van der Waals surface area (Å²) in [5.74, 6) is 1.40. The number of nitrogens with one attached hydrogen (secondary N) is 1. The topological polar surface area (TPSA) is 71.3 Å². The van der Waals surface area contributed by atoms with Gasteiger partial charge < -0.3 is 9.84 Å². The van der Waals surface area contributed by atoms with Crippen molar-refractivity contribution in [3.8, 4) is 11.4 Å². The van der Waals surface area contributed by atoms with Crippen LogP contribution in [0.5, 0.6) is 0 Å². The fraction of sp³-hybridized carbons (Fsp3) is 0.522. The zero-order chi connectivity index (χ0) is 20.8. The van der Waals surface area contributed by atoms with E-state index in [4.69, 9.17) is 4.52 Å². The third kappa shape index (κ3) is 5.79. The van der Waals surface area contributed by atoms with E-state index in [0.29, 0.717) is 18.3 Å². The molecule has 0 saturated carbocycles. The summed E-state index contributed by atoms with van der Waals surface area (Å²) in [5.41, 5.74) is 2.42. The summed E-state index contributed by atoms with van der Waals surface area (Å²) >= 11 is 3.47. The maximum atomic E-state index is 12.6. The second-order valence-electron chi connectivity index (χ2n) is 8.25. The van der Waals surface area contributed by atoms with Gasteiger partial charge in [-0.2, -0.15) is 4.98 Å². The first-order chi connectivity index (χ1) is 14.7. The fourth-order valence-corrected chi connectivity index (χ4v) is 4.69. The summed E-state index contributed by atoms with van der Waals surface area (Å²) in [6.45, 7) is 3.02. The molecule has 0 bridgehead atoms. The van der Waals surface area contributed by atoms with Crippen LogP contribution in [-0.4, -0.2) is 40.6 Å². The first-order valence-electron chi connectivity index (χ1n) is 10.9. The number of allylic oxidation sites excluding steroid dienone is 1. The van der Waals surface area contributed by atoms with Crippen molar-refractivity contribution in [1.29, 1.82) is 0 Å². The highest BCUT2D eigenvalue weighted by atomic mass is 79.9. The first-order valence-corrected chi connectivity index (χ1v) is 11.7. The molecule has 30 heavy (non-hydrogen) atoms. The van der Waals surface area contributed by atoms with Gasteiger partial charge in [0.05, 0.1) is 12.5 Å². The van der Waals surface area contributed by atoms with Crippen molar-refractivity contribution in [2.45, 2.75) is 51.5 Å². The Kier molecular flexibility index (Phi) is 7.33. The van der Waals surface area contributed by atoms with E-state index >= 15 is 0 Å². The molecule has 4 rings (SSSR count). The number of carbonyl (C=O) groups is 1. The average molecular weight is 473 g/mol. The van der Waals surface area contributed by atoms with Crippen molar-refractivity contribution in [1.82, 2.24) is 20.4 Å². The highest BCUT2D eigenvalue weighted by molar-refractivity contribution is 9.10. The number of aromatic nitrogens is 2. The van der Waals surface area contributed by atoms with Crippen LogP contribution in [0.15, 0.2) is 44.9 Å². The third-order valence-electron chi connectivity index (χ3n) is 5.92. The van der Waals surface area contributed by atoms with Gasteiger partial charge in [-0.25, -0.2) is 0 Å². The molecule has 2 heterocycles. The molecule has 1 aromatic carbocycles. The molecule has 6 nitrogen and oxygen atoms in total. The van der Waals surface area contributed by atoms with Crippen LogP contribution >= 0.6 is 15.9 Å². The predicted molar refractivity (Wildman–Crippen MR) is 120 cm³/mol. The highest BCUT2D eigenvalue weighted by Crippen LogP contribution is 2.23. The lowest BCUT2D eigenvalue weighted by Gasteiger charge is -2.30.